The van der Waals surface area contributed by atoms with Gasteiger partial charge in [-0.1, -0.05) is 30.3 Å². The Kier molecular flexibility index (Phi) is 3.36. The number of hydrogen-bond donors (Lipinski definition) is 2. The molecule has 1 aromatic carbocycles. The van der Waals surface area contributed by atoms with E-state index in [2.05, 4.69) is 15.5 Å². The van der Waals surface area contributed by atoms with E-state index in [0.29, 0.717) is 18.3 Å². The maximum atomic E-state index is 12.0. The first-order valence-electron chi connectivity index (χ1n) is 9.47. The van der Waals surface area contributed by atoms with E-state index < -0.39 is 11.4 Å². The molecule has 6 rings (SSSR count). The van der Waals surface area contributed by atoms with Crippen molar-refractivity contribution in [2.45, 2.75) is 44.1 Å². The van der Waals surface area contributed by atoms with Gasteiger partial charge in [-0.15, -0.1) is 10.2 Å². The molecule has 4 aliphatic rings. The van der Waals surface area contributed by atoms with E-state index in [1.807, 2.05) is 42.5 Å². The number of anilines is 1. The number of carboxylic acids is 1. The molecular weight excluding hydrogens is 326 g/mol. The third-order valence-electron chi connectivity index (χ3n) is 6.64. The zero-order chi connectivity index (χ0) is 17.8. The molecule has 2 N–H and O–H groups in total. The monoisotopic (exact) mass is 349 g/mol. The summed E-state index contributed by atoms with van der Waals surface area (Å²) in [4.78, 5) is 12.0. The van der Waals surface area contributed by atoms with E-state index in [4.69, 9.17) is 0 Å². The molecule has 26 heavy (non-hydrogen) atoms. The van der Waals surface area contributed by atoms with Crippen LogP contribution in [0.1, 0.15) is 38.5 Å². The van der Waals surface area contributed by atoms with E-state index >= 15 is 0 Å². The van der Waals surface area contributed by atoms with Gasteiger partial charge in [-0.2, -0.15) is 0 Å². The smallest absolute Gasteiger partial charge is 0.309 e. The second kappa shape index (κ2) is 5.53. The van der Waals surface area contributed by atoms with Crippen molar-refractivity contribution in [3.63, 3.8) is 0 Å². The fourth-order valence-corrected chi connectivity index (χ4v) is 6.09. The number of aliphatic carboxylic acids is 1. The number of benzene rings is 1. The Morgan fingerprint density at radius 1 is 1.00 bits per heavy atom. The molecule has 134 valence electrons. The SMILES string of the molecule is O=C(O)C12CC3CC(CC(Nc4ccc(-c5ccccc5)nn4)(C3)C1)C2. The van der Waals surface area contributed by atoms with E-state index in [9.17, 15) is 9.90 Å². The Bertz CT molecular complexity index is 820. The van der Waals surface area contributed by atoms with Crippen LogP contribution in [0.4, 0.5) is 5.82 Å². The lowest BCUT2D eigenvalue weighted by Gasteiger charge is -2.60. The lowest BCUT2D eigenvalue weighted by molar-refractivity contribution is -0.165. The van der Waals surface area contributed by atoms with Gasteiger partial charge in [-0.3, -0.25) is 4.79 Å². The van der Waals surface area contributed by atoms with Crippen molar-refractivity contribution in [2.75, 3.05) is 5.32 Å². The number of nitrogens with zero attached hydrogens (tertiary/aromatic N) is 2. The summed E-state index contributed by atoms with van der Waals surface area (Å²) in [6, 6.07) is 14.0. The van der Waals surface area contributed by atoms with Gasteiger partial charge in [-0.05, 0) is 62.5 Å². The number of hydrogen-bond acceptors (Lipinski definition) is 4. The van der Waals surface area contributed by atoms with E-state index in [-0.39, 0.29) is 5.54 Å². The summed E-state index contributed by atoms with van der Waals surface area (Å²) in [5.74, 6) is 1.20. The molecule has 2 aromatic rings. The standard InChI is InChI=1S/C21H23N3O2/c25-19(26)20-9-14-8-15(10-20)12-21(11-14,13-20)22-18-7-6-17(23-24-18)16-4-2-1-3-5-16/h1-7,14-15H,8-13H2,(H,22,24)(H,25,26). The predicted molar refractivity (Wildman–Crippen MR) is 98.6 cm³/mol. The summed E-state index contributed by atoms with van der Waals surface area (Å²) < 4.78 is 0. The Morgan fingerprint density at radius 2 is 1.73 bits per heavy atom. The van der Waals surface area contributed by atoms with E-state index in [0.717, 1.165) is 42.8 Å². The lowest BCUT2D eigenvalue weighted by atomic mass is 9.47. The van der Waals surface area contributed by atoms with Crippen molar-refractivity contribution < 1.29 is 9.90 Å². The van der Waals surface area contributed by atoms with Gasteiger partial charge in [0.25, 0.3) is 0 Å². The van der Waals surface area contributed by atoms with Gasteiger partial charge in [0.05, 0.1) is 11.1 Å². The van der Waals surface area contributed by atoms with Crippen molar-refractivity contribution in [3.8, 4) is 11.3 Å². The minimum Gasteiger partial charge on any atom is -0.481 e. The molecule has 4 aliphatic carbocycles. The molecule has 5 heteroatoms. The van der Waals surface area contributed by atoms with Crippen molar-refractivity contribution in [1.29, 1.82) is 0 Å². The molecule has 4 bridgehead atoms. The van der Waals surface area contributed by atoms with Gasteiger partial charge < -0.3 is 10.4 Å². The number of carboxylic acid groups (broad SMARTS) is 1. The predicted octanol–water partition coefficient (Wildman–Crippen LogP) is 3.98. The van der Waals surface area contributed by atoms with Crippen LogP contribution in [0.2, 0.25) is 0 Å². The largest absolute Gasteiger partial charge is 0.481 e. The van der Waals surface area contributed by atoms with Crippen LogP contribution in [0.5, 0.6) is 0 Å². The van der Waals surface area contributed by atoms with Gasteiger partial charge in [0.15, 0.2) is 0 Å². The first kappa shape index (κ1) is 15.8. The molecular formula is C21H23N3O2. The Balaban J connectivity index is 1.40. The fraction of sp³-hybridized carbons (Fsp3) is 0.476. The van der Waals surface area contributed by atoms with Crippen molar-refractivity contribution in [3.05, 3.63) is 42.5 Å². The van der Waals surface area contributed by atoms with Gasteiger partial charge in [0, 0.05) is 11.1 Å². The Morgan fingerprint density at radius 3 is 2.35 bits per heavy atom. The average Bonchev–Trinajstić information content (AvgIpc) is 2.61. The van der Waals surface area contributed by atoms with Gasteiger partial charge in [-0.25, -0.2) is 0 Å². The zero-order valence-corrected chi connectivity index (χ0v) is 14.7. The molecule has 1 aromatic heterocycles. The van der Waals surface area contributed by atoms with Crippen LogP contribution in [0.15, 0.2) is 42.5 Å². The topological polar surface area (TPSA) is 75.1 Å². The highest BCUT2D eigenvalue weighted by Gasteiger charge is 2.61. The Hall–Kier alpha value is -2.43. The van der Waals surface area contributed by atoms with Gasteiger partial charge >= 0.3 is 5.97 Å². The minimum atomic E-state index is -0.608. The molecule has 4 fully saturated rings. The molecule has 2 atom stereocenters. The highest BCUT2D eigenvalue weighted by atomic mass is 16.4. The highest BCUT2D eigenvalue weighted by Crippen LogP contribution is 2.62. The van der Waals surface area contributed by atoms with Gasteiger partial charge in [0.1, 0.15) is 5.82 Å². The second-order valence-electron chi connectivity index (χ2n) is 8.62. The maximum absolute atomic E-state index is 12.0. The van der Waals surface area contributed by atoms with Crippen LogP contribution in [-0.4, -0.2) is 26.8 Å². The average molecular weight is 349 g/mol. The first-order valence-corrected chi connectivity index (χ1v) is 9.47. The van der Waals surface area contributed by atoms with Crippen LogP contribution in [0.3, 0.4) is 0 Å². The number of rotatable bonds is 4. The maximum Gasteiger partial charge on any atom is 0.309 e. The number of nitrogens with one attached hydrogen (secondary N) is 1. The number of carbonyl (C=O) groups is 1. The van der Waals surface area contributed by atoms with Crippen LogP contribution >= 0.6 is 0 Å². The molecule has 0 saturated heterocycles. The number of aromatic nitrogens is 2. The lowest BCUT2D eigenvalue weighted by Crippen LogP contribution is -2.61. The quantitative estimate of drug-likeness (QED) is 0.873. The second-order valence-corrected chi connectivity index (χ2v) is 8.62. The zero-order valence-electron chi connectivity index (χ0n) is 14.7. The summed E-state index contributed by atoms with van der Waals surface area (Å²) in [6.45, 7) is 0. The molecule has 1 heterocycles. The third kappa shape index (κ3) is 2.49. The molecule has 0 radical (unpaired) electrons. The normalized spacial score (nSPS) is 34.6. The van der Waals surface area contributed by atoms with E-state index in [1.54, 1.807) is 0 Å². The molecule has 0 aliphatic heterocycles. The summed E-state index contributed by atoms with van der Waals surface area (Å²) in [6.07, 6.45) is 5.71. The molecule has 5 nitrogen and oxygen atoms in total. The summed E-state index contributed by atoms with van der Waals surface area (Å²) in [5, 5.41) is 22.2. The molecule has 0 amide bonds. The minimum absolute atomic E-state index is 0.134. The van der Waals surface area contributed by atoms with Crippen molar-refractivity contribution in [1.82, 2.24) is 10.2 Å². The summed E-state index contributed by atoms with van der Waals surface area (Å²) in [5.41, 5.74) is 1.23. The van der Waals surface area contributed by atoms with Gasteiger partial charge in [0.2, 0.25) is 0 Å². The highest BCUT2D eigenvalue weighted by molar-refractivity contribution is 5.76. The van der Waals surface area contributed by atoms with Crippen LogP contribution < -0.4 is 5.32 Å². The van der Waals surface area contributed by atoms with Crippen LogP contribution in [0.25, 0.3) is 11.3 Å². The third-order valence-corrected chi connectivity index (χ3v) is 6.64. The summed E-state index contributed by atoms with van der Waals surface area (Å²) >= 11 is 0. The van der Waals surface area contributed by atoms with Crippen LogP contribution in [-0.2, 0) is 4.79 Å². The summed E-state index contributed by atoms with van der Waals surface area (Å²) in [7, 11) is 0. The fourth-order valence-electron chi connectivity index (χ4n) is 6.09. The van der Waals surface area contributed by atoms with Crippen molar-refractivity contribution >= 4 is 11.8 Å². The van der Waals surface area contributed by atoms with Crippen LogP contribution in [0, 0.1) is 17.3 Å². The Labute approximate surface area is 152 Å². The van der Waals surface area contributed by atoms with Crippen molar-refractivity contribution in [2.24, 2.45) is 17.3 Å². The van der Waals surface area contributed by atoms with E-state index in [1.165, 1.54) is 6.42 Å². The molecule has 0 spiro atoms. The molecule has 2 unspecified atom stereocenters. The first-order chi connectivity index (χ1) is 12.6. The molecule has 4 saturated carbocycles.